The lowest BCUT2D eigenvalue weighted by Gasteiger charge is -2.34. The minimum atomic E-state index is -0.497. The minimum absolute atomic E-state index is 0.000957. The molecule has 2 heterocycles. The fourth-order valence-electron chi connectivity index (χ4n) is 4.59. The number of rotatable bonds is 4. The summed E-state index contributed by atoms with van der Waals surface area (Å²) in [6.07, 6.45) is 0.372. The van der Waals surface area contributed by atoms with Crippen molar-refractivity contribution in [3.8, 4) is 29.3 Å². The van der Waals surface area contributed by atoms with Crippen molar-refractivity contribution < 1.29 is 9.13 Å². The van der Waals surface area contributed by atoms with Crippen LogP contribution >= 0.6 is 0 Å². The van der Waals surface area contributed by atoms with Crippen LogP contribution in [0.3, 0.4) is 0 Å². The summed E-state index contributed by atoms with van der Waals surface area (Å²) in [7, 11) is 1.45. The summed E-state index contributed by atoms with van der Waals surface area (Å²) < 4.78 is 21.4. The molecule has 3 aromatic carbocycles. The third-order valence-corrected chi connectivity index (χ3v) is 6.16. The van der Waals surface area contributed by atoms with E-state index in [4.69, 9.17) is 10.00 Å². The van der Waals surface area contributed by atoms with Crippen LogP contribution in [0.15, 0.2) is 48.5 Å². The van der Waals surface area contributed by atoms with E-state index in [0.29, 0.717) is 59.3 Å². The van der Waals surface area contributed by atoms with Gasteiger partial charge >= 0.3 is 6.01 Å². The number of anilines is 1. The molecule has 1 aliphatic heterocycles. The Morgan fingerprint density at radius 1 is 1.12 bits per heavy atom. The monoisotopic (exact) mass is 452 g/mol. The Balaban J connectivity index is 1.70. The van der Waals surface area contributed by atoms with Gasteiger partial charge in [-0.05, 0) is 23.1 Å². The molecular formula is C26H21FN6O. The Labute approximate surface area is 196 Å². The van der Waals surface area contributed by atoms with Crippen molar-refractivity contribution in [2.45, 2.75) is 12.5 Å². The lowest BCUT2D eigenvalue weighted by molar-refractivity contribution is 0.380. The fourth-order valence-corrected chi connectivity index (χ4v) is 4.59. The van der Waals surface area contributed by atoms with E-state index in [-0.39, 0.29) is 17.6 Å². The van der Waals surface area contributed by atoms with E-state index in [2.05, 4.69) is 27.4 Å². The Morgan fingerprint density at radius 3 is 2.71 bits per heavy atom. The van der Waals surface area contributed by atoms with E-state index in [1.54, 1.807) is 12.1 Å². The normalized spacial score (nSPS) is 15.8. The summed E-state index contributed by atoms with van der Waals surface area (Å²) in [5, 5.41) is 24.2. The van der Waals surface area contributed by atoms with Crippen molar-refractivity contribution in [2.24, 2.45) is 0 Å². The zero-order chi connectivity index (χ0) is 23.7. The Morgan fingerprint density at radius 2 is 1.94 bits per heavy atom. The van der Waals surface area contributed by atoms with Crippen LogP contribution in [0.25, 0.3) is 32.8 Å². The SMILES string of the molecule is COc1nc(N2CCNC(CC#N)C2)c2ccc(-c3cccc4cccc(C#N)c34)c(F)c2n1. The van der Waals surface area contributed by atoms with Gasteiger partial charge in [0, 0.05) is 42.0 Å². The number of ether oxygens (including phenoxy) is 1. The van der Waals surface area contributed by atoms with Crippen molar-refractivity contribution in [2.75, 3.05) is 31.6 Å². The smallest absolute Gasteiger partial charge is 0.318 e. The van der Waals surface area contributed by atoms with Gasteiger partial charge < -0.3 is 15.0 Å². The van der Waals surface area contributed by atoms with E-state index in [0.717, 1.165) is 5.39 Å². The molecule has 34 heavy (non-hydrogen) atoms. The van der Waals surface area contributed by atoms with Gasteiger partial charge in [-0.3, -0.25) is 0 Å². The van der Waals surface area contributed by atoms with Gasteiger partial charge in [0.15, 0.2) is 5.82 Å². The first-order valence-corrected chi connectivity index (χ1v) is 11.0. The van der Waals surface area contributed by atoms with Crippen LogP contribution in [0.4, 0.5) is 10.2 Å². The van der Waals surface area contributed by atoms with Gasteiger partial charge in [0.2, 0.25) is 0 Å². The fraction of sp³-hybridized carbons (Fsp3) is 0.231. The van der Waals surface area contributed by atoms with E-state index in [1.165, 1.54) is 7.11 Å². The molecule has 7 nitrogen and oxygen atoms in total. The van der Waals surface area contributed by atoms with Crippen molar-refractivity contribution in [3.63, 3.8) is 0 Å². The maximum Gasteiger partial charge on any atom is 0.318 e. The highest BCUT2D eigenvalue weighted by Gasteiger charge is 2.25. The summed E-state index contributed by atoms with van der Waals surface area (Å²) in [4.78, 5) is 10.9. The van der Waals surface area contributed by atoms with Crippen LogP contribution in [0.2, 0.25) is 0 Å². The highest BCUT2D eigenvalue weighted by atomic mass is 19.1. The van der Waals surface area contributed by atoms with Crippen molar-refractivity contribution >= 4 is 27.5 Å². The number of fused-ring (bicyclic) bond motifs is 2. The third kappa shape index (κ3) is 3.64. The maximum atomic E-state index is 16.1. The first-order chi connectivity index (χ1) is 16.6. The van der Waals surface area contributed by atoms with Gasteiger partial charge in [0.1, 0.15) is 11.3 Å². The first kappa shape index (κ1) is 21.6. The molecule has 5 rings (SSSR count). The molecule has 8 heteroatoms. The zero-order valence-corrected chi connectivity index (χ0v) is 18.5. The molecule has 1 saturated heterocycles. The van der Waals surface area contributed by atoms with E-state index in [1.807, 2.05) is 41.3 Å². The molecule has 0 spiro atoms. The zero-order valence-electron chi connectivity index (χ0n) is 18.5. The minimum Gasteiger partial charge on any atom is -0.467 e. The molecular weight excluding hydrogens is 431 g/mol. The van der Waals surface area contributed by atoms with Gasteiger partial charge in [-0.2, -0.15) is 20.5 Å². The maximum absolute atomic E-state index is 16.1. The van der Waals surface area contributed by atoms with E-state index >= 15 is 4.39 Å². The molecule has 4 aromatic rings. The average Bonchev–Trinajstić information content (AvgIpc) is 2.88. The molecule has 168 valence electrons. The predicted octanol–water partition coefficient (Wildman–Crippen LogP) is 4.16. The number of nitrogens with one attached hydrogen (secondary N) is 1. The Hall–Kier alpha value is -4.27. The number of methoxy groups -OCH3 is 1. The number of benzene rings is 3. The third-order valence-electron chi connectivity index (χ3n) is 6.16. The van der Waals surface area contributed by atoms with Gasteiger partial charge in [0.25, 0.3) is 0 Å². The van der Waals surface area contributed by atoms with Crippen LogP contribution in [-0.4, -0.2) is 42.8 Å². The highest BCUT2D eigenvalue weighted by Crippen LogP contribution is 2.37. The summed E-state index contributed by atoms with van der Waals surface area (Å²) in [5.41, 5.74) is 1.62. The number of hydrogen-bond donors (Lipinski definition) is 1. The summed E-state index contributed by atoms with van der Waals surface area (Å²) in [5.74, 6) is 0.0794. The van der Waals surface area contributed by atoms with Crippen molar-refractivity contribution in [3.05, 3.63) is 59.9 Å². The number of aromatic nitrogens is 2. The lowest BCUT2D eigenvalue weighted by Crippen LogP contribution is -2.50. The van der Waals surface area contributed by atoms with E-state index in [9.17, 15) is 5.26 Å². The second kappa shape index (κ2) is 8.93. The standard InChI is InChI=1S/C26H21FN6O/c1-34-26-31-24-21(25(32-26)33-13-12-30-18(15-33)10-11-28)9-8-20(23(24)27)19-7-3-5-16-4-2-6-17(14-29)22(16)19/h2-9,18,30H,10,12-13,15H2,1H3. The van der Waals surface area contributed by atoms with Crippen molar-refractivity contribution in [1.29, 1.82) is 10.5 Å². The molecule has 1 fully saturated rings. The molecule has 0 saturated carbocycles. The second-order valence-corrected chi connectivity index (χ2v) is 8.14. The molecule has 1 unspecified atom stereocenters. The molecule has 1 aromatic heterocycles. The summed E-state index contributed by atoms with van der Waals surface area (Å²) in [6, 6.07) is 19.1. The second-order valence-electron chi connectivity index (χ2n) is 8.14. The molecule has 1 atom stereocenters. The number of nitriles is 2. The van der Waals surface area contributed by atoms with Crippen LogP contribution < -0.4 is 15.0 Å². The first-order valence-electron chi connectivity index (χ1n) is 11.0. The number of nitrogens with zero attached hydrogens (tertiary/aromatic N) is 5. The number of hydrogen-bond acceptors (Lipinski definition) is 7. The largest absolute Gasteiger partial charge is 0.467 e. The molecule has 1 aliphatic rings. The topological polar surface area (TPSA) is 97.9 Å². The molecule has 0 bridgehead atoms. The molecule has 0 radical (unpaired) electrons. The summed E-state index contributed by atoms with van der Waals surface area (Å²) >= 11 is 0. The van der Waals surface area contributed by atoms with Gasteiger partial charge in [-0.25, -0.2) is 4.39 Å². The average molecular weight is 452 g/mol. The highest BCUT2D eigenvalue weighted by molar-refractivity contribution is 6.03. The Kier molecular flexibility index (Phi) is 5.67. The lowest BCUT2D eigenvalue weighted by atomic mass is 9.94. The van der Waals surface area contributed by atoms with Crippen LogP contribution in [-0.2, 0) is 0 Å². The quantitative estimate of drug-likeness (QED) is 0.496. The molecule has 1 N–H and O–H groups in total. The van der Waals surface area contributed by atoms with Crippen molar-refractivity contribution in [1.82, 2.24) is 15.3 Å². The Bertz CT molecular complexity index is 1480. The number of piperazine rings is 1. The molecule has 0 aliphatic carbocycles. The predicted molar refractivity (Wildman–Crippen MR) is 128 cm³/mol. The van der Waals surface area contributed by atoms with Crippen LogP contribution in [0.1, 0.15) is 12.0 Å². The van der Waals surface area contributed by atoms with Gasteiger partial charge in [0.05, 0.1) is 31.2 Å². The number of halogens is 1. The van der Waals surface area contributed by atoms with Crippen LogP contribution in [0.5, 0.6) is 6.01 Å². The van der Waals surface area contributed by atoms with Gasteiger partial charge in [-0.15, -0.1) is 0 Å². The van der Waals surface area contributed by atoms with Gasteiger partial charge in [-0.1, -0.05) is 36.4 Å². The molecule has 0 amide bonds. The summed E-state index contributed by atoms with van der Waals surface area (Å²) in [6.45, 7) is 1.92. The van der Waals surface area contributed by atoms with E-state index < -0.39 is 5.82 Å². The van der Waals surface area contributed by atoms with Crippen LogP contribution in [0, 0.1) is 28.5 Å².